The van der Waals surface area contributed by atoms with Gasteiger partial charge in [-0.3, -0.25) is 9.36 Å². The molecule has 0 unspecified atom stereocenters. The number of fused-ring (bicyclic) bond motifs is 1. The van der Waals surface area contributed by atoms with E-state index in [0.29, 0.717) is 12.8 Å². The molecule has 4 rings (SSSR count). The fourth-order valence-corrected chi connectivity index (χ4v) is 3.92. The number of rotatable bonds is 6. The Hall–Kier alpha value is -3.59. The third-order valence-electron chi connectivity index (χ3n) is 5.74. The minimum absolute atomic E-state index is 0.0994. The molecule has 1 aliphatic rings. The van der Waals surface area contributed by atoms with Crippen molar-refractivity contribution >= 4 is 11.6 Å². The molecule has 32 heavy (non-hydrogen) atoms. The Morgan fingerprint density at radius 3 is 2.66 bits per heavy atom. The Balaban J connectivity index is 1.64. The fourth-order valence-electron chi connectivity index (χ4n) is 3.92. The molecule has 0 saturated heterocycles. The topological polar surface area (TPSA) is 86.2 Å². The first-order valence-electron chi connectivity index (χ1n) is 10.2. The van der Waals surface area contributed by atoms with Gasteiger partial charge in [0, 0.05) is 31.3 Å². The zero-order chi connectivity index (χ0) is 22.8. The van der Waals surface area contributed by atoms with Crippen LogP contribution in [0.5, 0.6) is 0 Å². The lowest BCUT2D eigenvalue weighted by Gasteiger charge is -2.26. The van der Waals surface area contributed by atoms with Gasteiger partial charge in [-0.15, -0.1) is 0 Å². The zero-order valence-electron chi connectivity index (χ0n) is 17.6. The number of anilines is 1. The molecule has 1 amide bonds. The lowest BCUT2D eigenvalue weighted by molar-refractivity contribution is -0.118. The number of hydrogen-bond donors (Lipinski definition) is 1. The second-order valence-electron chi connectivity index (χ2n) is 7.72. The number of aromatic nitrogens is 3. The summed E-state index contributed by atoms with van der Waals surface area (Å²) in [6, 6.07) is 13.7. The third kappa shape index (κ3) is 4.11. The summed E-state index contributed by atoms with van der Waals surface area (Å²) in [4.78, 5) is 26.3. The van der Waals surface area contributed by atoms with Crippen LogP contribution in [0.25, 0.3) is 11.1 Å². The van der Waals surface area contributed by atoms with Gasteiger partial charge in [-0.2, -0.15) is 13.9 Å². The van der Waals surface area contributed by atoms with Crippen molar-refractivity contribution in [2.24, 2.45) is 5.73 Å². The van der Waals surface area contributed by atoms with Crippen LogP contribution < -0.4 is 16.3 Å². The first kappa shape index (κ1) is 21.6. The standard InChI is InChI=1S/C23H23F2N5O2/c1-28-20-8-6-15(10-16(20)7-9-21(28)31)19-5-3-2-4-17(19)12-29-14-27-30(23(29)32)13-18(11-26)22(24)25/h2-6,8,10,14H,7,9,11-13,26H2,1H3. The molecule has 9 heteroatoms. The molecule has 0 bridgehead atoms. The van der Waals surface area contributed by atoms with E-state index in [-0.39, 0.29) is 31.1 Å². The molecule has 7 nitrogen and oxygen atoms in total. The van der Waals surface area contributed by atoms with Crippen LogP contribution in [0.2, 0.25) is 0 Å². The molecule has 0 fully saturated rings. The molecular formula is C23H23F2N5O2. The summed E-state index contributed by atoms with van der Waals surface area (Å²) in [5.41, 5.74) is 9.35. The number of amides is 1. The minimum Gasteiger partial charge on any atom is -0.327 e. The predicted octanol–water partition coefficient (Wildman–Crippen LogP) is 2.78. The lowest BCUT2D eigenvalue weighted by atomic mass is 9.94. The van der Waals surface area contributed by atoms with Crippen molar-refractivity contribution in [2.45, 2.75) is 25.9 Å². The molecule has 2 N–H and O–H groups in total. The van der Waals surface area contributed by atoms with Gasteiger partial charge < -0.3 is 10.6 Å². The van der Waals surface area contributed by atoms with Gasteiger partial charge in [-0.25, -0.2) is 9.48 Å². The van der Waals surface area contributed by atoms with Gasteiger partial charge in [0.2, 0.25) is 5.91 Å². The van der Waals surface area contributed by atoms with Gasteiger partial charge in [0.05, 0.1) is 13.1 Å². The Morgan fingerprint density at radius 1 is 1.12 bits per heavy atom. The Morgan fingerprint density at radius 2 is 1.91 bits per heavy atom. The van der Waals surface area contributed by atoms with Crippen LogP contribution in [0.1, 0.15) is 17.5 Å². The molecule has 1 aliphatic heterocycles. The van der Waals surface area contributed by atoms with E-state index < -0.39 is 11.8 Å². The minimum atomic E-state index is -1.89. The fraction of sp³-hybridized carbons (Fsp3) is 0.261. The largest absolute Gasteiger partial charge is 0.346 e. The molecule has 166 valence electrons. The van der Waals surface area contributed by atoms with Crippen LogP contribution in [0.15, 0.2) is 65.2 Å². The molecule has 3 aromatic rings. The zero-order valence-corrected chi connectivity index (χ0v) is 17.6. The summed E-state index contributed by atoms with van der Waals surface area (Å²) in [5.74, 6) is 0.0994. The highest BCUT2D eigenvalue weighted by Crippen LogP contribution is 2.32. The monoisotopic (exact) mass is 439 g/mol. The van der Waals surface area contributed by atoms with Crippen LogP contribution in [-0.2, 0) is 24.3 Å². The second-order valence-corrected chi connectivity index (χ2v) is 7.72. The summed E-state index contributed by atoms with van der Waals surface area (Å²) in [7, 11) is 1.78. The molecule has 1 aromatic heterocycles. The van der Waals surface area contributed by atoms with Crippen LogP contribution in [0.4, 0.5) is 14.5 Å². The lowest BCUT2D eigenvalue weighted by Crippen LogP contribution is -2.31. The summed E-state index contributed by atoms with van der Waals surface area (Å²) in [5, 5.41) is 3.96. The van der Waals surface area contributed by atoms with E-state index in [9.17, 15) is 18.4 Å². The molecule has 0 radical (unpaired) electrons. The van der Waals surface area contributed by atoms with Crippen molar-refractivity contribution in [3.63, 3.8) is 0 Å². The van der Waals surface area contributed by atoms with Gasteiger partial charge in [-0.05, 0) is 40.8 Å². The maximum Gasteiger partial charge on any atom is 0.346 e. The molecule has 0 atom stereocenters. The molecule has 2 aromatic carbocycles. The maximum absolute atomic E-state index is 12.9. The van der Waals surface area contributed by atoms with Gasteiger partial charge in [0.1, 0.15) is 6.33 Å². The Bertz CT molecular complexity index is 1260. The van der Waals surface area contributed by atoms with Gasteiger partial charge in [0.25, 0.3) is 6.08 Å². The van der Waals surface area contributed by atoms with E-state index in [1.54, 1.807) is 11.9 Å². The van der Waals surface area contributed by atoms with Crippen LogP contribution >= 0.6 is 0 Å². The molecule has 2 heterocycles. The van der Waals surface area contributed by atoms with Crippen LogP contribution in [-0.4, -0.2) is 33.8 Å². The Labute approximate surface area is 183 Å². The molecule has 0 spiro atoms. The normalized spacial score (nSPS) is 13.2. The van der Waals surface area contributed by atoms with Crippen LogP contribution in [0, 0.1) is 0 Å². The van der Waals surface area contributed by atoms with Crippen molar-refractivity contribution < 1.29 is 13.6 Å². The maximum atomic E-state index is 12.9. The van der Waals surface area contributed by atoms with Crippen molar-refractivity contribution in [1.82, 2.24) is 14.3 Å². The highest BCUT2D eigenvalue weighted by Gasteiger charge is 2.21. The first-order chi connectivity index (χ1) is 15.4. The number of halogens is 2. The van der Waals surface area contributed by atoms with Gasteiger partial charge in [-0.1, -0.05) is 30.3 Å². The van der Waals surface area contributed by atoms with Crippen LogP contribution in [0.3, 0.4) is 0 Å². The number of carbonyl (C=O) groups is 1. The van der Waals surface area contributed by atoms with Gasteiger partial charge >= 0.3 is 5.69 Å². The van der Waals surface area contributed by atoms with Crippen molar-refractivity contribution in [2.75, 3.05) is 18.5 Å². The first-order valence-corrected chi connectivity index (χ1v) is 10.2. The van der Waals surface area contributed by atoms with Gasteiger partial charge in [0.15, 0.2) is 0 Å². The van der Waals surface area contributed by atoms with E-state index in [0.717, 1.165) is 32.6 Å². The van der Waals surface area contributed by atoms with E-state index in [1.807, 2.05) is 36.4 Å². The summed E-state index contributed by atoms with van der Waals surface area (Å²) in [6.07, 6.45) is 0.612. The average molecular weight is 439 g/mol. The Kier molecular flexibility index (Phi) is 6.00. The van der Waals surface area contributed by atoms with E-state index in [1.165, 1.54) is 10.9 Å². The summed E-state index contributed by atoms with van der Waals surface area (Å²) < 4.78 is 28.2. The van der Waals surface area contributed by atoms with Crippen molar-refractivity contribution in [3.05, 3.63) is 82.1 Å². The number of benzene rings is 2. The average Bonchev–Trinajstić information content (AvgIpc) is 3.13. The van der Waals surface area contributed by atoms with E-state index >= 15 is 0 Å². The molecule has 0 aliphatic carbocycles. The number of hydrogen-bond acceptors (Lipinski definition) is 4. The summed E-state index contributed by atoms with van der Waals surface area (Å²) >= 11 is 0. The quantitative estimate of drug-likeness (QED) is 0.640. The third-order valence-corrected chi connectivity index (χ3v) is 5.74. The molecule has 0 saturated carbocycles. The van der Waals surface area contributed by atoms with Crippen molar-refractivity contribution in [3.8, 4) is 11.1 Å². The number of nitrogens with two attached hydrogens (primary N) is 1. The van der Waals surface area contributed by atoms with Crippen molar-refractivity contribution in [1.29, 1.82) is 0 Å². The predicted molar refractivity (Wildman–Crippen MR) is 117 cm³/mol. The highest BCUT2D eigenvalue weighted by molar-refractivity contribution is 5.96. The number of nitrogens with zero attached hydrogens (tertiary/aromatic N) is 4. The number of carbonyl (C=O) groups excluding carboxylic acids is 1. The smallest absolute Gasteiger partial charge is 0.327 e. The highest BCUT2D eigenvalue weighted by atomic mass is 19.3. The number of aryl methyl sites for hydroxylation is 1. The summed E-state index contributed by atoms with van der Waals surface area (Å²) in [6.45, 7) is -0.447. The van der Waals surface area contributed by atoms with E-state index in [2.05, 4.69) is 11.2 Å². The SMILES string of the molecule is CN1C(=O)CCc2cc(-c3ccccc3Cn3cnn(CC(CN)=C(F)F)c3=O)ccc21. The molecular weight excluding hydrogens is 416 g/mol. The second kappa shape index (κ2) is 8.88. The van der Waals surface area contributed by atoms with E-state index in [4.69, 9.17) is 5.73 Å².